The van der Waals surface area contributed by atoms with Crippen molar-refractivity contribution in [3.05, 3.63) is 42.2 Å². The predicted octanol–water partition coefficient (Wildman–Crippen LogP) is 3.25. The van der Waals surface area contributed by atoms with Gasteiger partial charge in [0.25, 0.3) is 0 Å². The smallest absolute Gasteiger partial charge is 0.0346 e. The summed E-state index contributed by atoms with van der Waals surface area (Å²) in [5.41, 5.74) is 7.28. The molecule has 0 spiro atoms. The average Bonchev–Trinajstić information content (AvgIpc) is 2.26. The number of fused-ring (bicyclic) bond motifs is 1. The molecule has 0 radical (unpaired) electrons. The molecule has 1 unspecified atom stereocenters. The van der Waals surface area contributed by atoms with Gasteiger partial charge in [-0.25, -0.2) is 0 Å². The van der Waals surface area contributed by atoms with E-state index in [1.165, 1.54) is 16.3 Å². The molecule has 0 aliphatic heterocycles. The van der Waals surface area contributed by atoms with Crippen molar-refractivity contribution < 1.29 is 0 Å². The highest BCUT2D eigenvalue weighted by Gasteiger charge is 2.24. The van der Waals surface area contributed by atoms with Crippen LogP contribution in [0.25, 0.3) is 10.8 Å². The third kappa shape index (κ3) is 2.47. The number of hydrogen-bond acceptors (Lipinski definition) is 2. The molecule has 2 rings (SSSR count). The first-order valence-electron chi connectivity index (χ1n) is 6.09. The van der Waals surface area contributed by atoms with Crippen LogP contribution < -0.4 is 5.73 Å². The van der Waals surface area contributed by atoms with Gasteiger partial charge in [0.15, 0.2) is 0 Å². The van der Waals surface area contributed by atoms with E-state index in [2.05, 4.69) is 44.0 Å². The van der Waals surface area contributed by atoms with Gasteiger partial charge in [0.1, 0.15) is 0 Å². The van der Waals surface area contributed by atoms with Crippen molar-refractivity contribution >= 4 is 10.8 Å². The molecule has 2 aromatic rings. The van der Waals surface area contributed by atoms with E-state index in [4.69, 9.17) is 5.73 Å². The third-order valence-corrected chi connectivity index (χ3v) is 3.23. The molecule has 1 aromatic carbocycles. The Balaban J connectivity index is 2.55. The van der Waals surface area contributed by atoms with E-state index < -0.39 is 0 Å². The summed E-state index contributed by atoms with van der Waals surface area (Å²) in [4.78, 5) is 4.35. The van der Waals surface area contributed by atoms with Gasteiger partial charge < -0.3 is 5.73 Å². The van der Waals surface area contributed by atoms with Crippen molar-refractivity contribution in [2.75, 3.05) is 0 Å². The summed E-state index contributed by atoms with van der Waals surface area (Å²) in [5, 5.41) is 2.48. The molecular formula is C15H20N2. The van der Waals surface area contributed by atoms with Crippen molar-refractivity contribution in [3.63, 3.8) is 0 Å². The number of pyridine rings is 1. The quantitative estimate of drug-likeness (QED) is 0.875. The maximum Gasteiger partial charge on any atom is 0.0346 e. The van der Waals surface area contributed by atoms with Gasteiger partial charge in [-0.15, -0.1) is 0 Å². The maximum atomic E-state index is 5.94. The van der Waals surface area contributed by atoms with Crippen LogP contribution >= 0.6 is 0 Å². The third-order valence-electron chi connectivity index (χ3n) is 3.23. The second-order valence-electron chi connectivity index (χ2n) is 5.47. The molecule has 0 bridgehead atoms. The van der Waals surface area contributed by atoms with Gasteiger partial charge in [0, 0.05) is 23.8 Å². The number of hydrogen-bond donors (Lipinski definition) is 1. The van der Waals surface area contributed by atoms with Gasteiger partial charge in [-0.1, -0.05) is 38.1 Å². The highest BCUT2D eigenvalue weighted by atomic mass is 14.6. The Bertz CT molecular complexity index is 510. The Labute approximate surface area is 103 Å². The molecule has 2 nitrogen and oxygen atoms in total. The molecule has 0 saturated carbocycles. The highest BCUT2D eigenvalue weighted by Crippen LogP contribution is 2.32. The largest absolute Gasteiger partial charge is 0.328 e. The van der Waals surface area contributed by atoms with Gasteiger partial charge in [-0.2, -0.15) is 0 Å². The summed E-state index contributed by atoms with van der Waals surface area (Å²) in [6.45, 7) is 6.53. The van der Waals surface area contributed by atoms with Crippen LogP contribution in [0.5, 0.6) is 0 Å². The second kappa shape index (κ2) is 4.46. The van der Waals surface area contributed by atoms with E-state index >= 15 is 0 Å². The normalized spacial score (nSPS) is 13.9. The fourth-order valence-electron chi connectivity index (χ4n) is 2.57. The number of nitrogens with two attached hydrogens (primary N) is 1. The Morgan fingerprint density at radius 1 is 1.24 bits per heavy atom. The summed E-state index contributed by atoms with van der Waals surface area (Å²) in [6, 6.07) is 8.59. The van der Waals surface area contributed by atoms with Crippen LogP contribution in [0.4, 0.5) is 0 Å². The highest BCUT2D eigenvalue weighted by molar-refractivity contribution is 5.85. The fourth-order valence-corrected chi connectivity index (χ4v) is 2.57. The zero-order chi connectivity index (χ0) is 12.5. The standard InChI is InChI=1S/C15H20N2/c1-11(16)8-15(2,3)14-10-17-9-12-6-4-5-7-13(12)14/h4-7,9-11H,8,16H2,1-3H3. The summed E-state index contributed by atoms with van der Waals surface area (Å²) < 4.78 is 0. The Kier molecular flexibility index (Phi) is 3.16. The molecule has 17 heavy (non-hydrogen) atoms. The van der Waals surface area contributed by atoms with E-state index in [0.29, 0.717) is 0 Å². The van der Waals surface area contributed by atoms with Crippen LogP contribution in [0.3, 0.4) is 0 Å². The molecule has 2 N–H and O–H groups in total. The van der Waals surface area contributed by atoms with Gasteiger partial charge in [0.2, 0.25) is 0 Å². The minimum atomic E-state index is 0.0576. The summed E-state index contributed by atoms with van der Waals surface area (Å²) in [6.07, 6.45) is 4.86. The van der Waals surface area contributed by atoms with Crippen molar-refractivity contribution in [2.24, 2.45) is 5.73 Å². The van der Waals surface area contributed by atoms with Crippen LogP contribution in [0, 0.1) is 0 Å². The Hall–Kier alpha value is -1.41. The number of aromatic nitrogens is 1. The van der Waals surface area contributed by atoms with Crippen molar-refractivity contribution in [1.82, 2.24) is 4.98 Å². The molecule has 1 atom stereocenters. The minimum absolute atomic E-state index is 0.0576. The monoisotopic (exact) mass is 228 g/mol. The summed E-state index contributed by atoms with van der Waals surface area (Å²) >= 11 is 0. The van der Waals surface area contributed by atoms with E-state index in [0.717, 1.165) is 6.42 Å². The van der Waals surface area contributed by atoms with Crippen LogP contribution in [0.1, 0.15) is 32.8 Å². The van der Waals surface area contributed by atoms with E-state index in [-0.39, 0.29) is 11.5 Å². The van der Waals surface area contributed by atoms with Gasteiger partial charge in [0.05, 0.1) is 0 Å². The average molecular weight is 228 g/mol. The first-order valence-corrected chi connectivity index (χ1v) is 6.09. The van der Waals surface area contributed by atoms with Crippen molar-refractivity contribution in [1.29, 1.82) is 0 Å². The van der Waals surface area contributed by atoms with Crippen molar-refractivity contribution in [2.45, 2.75) is 38.6 Å². The number of nitrogens with zero attached hydrogens (tertiary/aromatic N) is 1. The van der Waals surface area contributed by atoms with Crippen LogP contribution in [-0.4, -0.2) is 11.0 Å². The van der Waals surface area contributed by atoms with Gasteiger partial charge >= 0.3 is 0 Å². The molecule has 2 heteroatoms. The van der Waals surface area contributed by atoms with Gasteiger partial charge in [-0.3, -0.25) is 4.98 Å². The Morgan fingerprint density at radius 3 is 2.65 bits per heavy atom. The maximum absolute atomic E-state index is 5.94. The molecule has 0 saturated heterocycles. The lowest BCUT2D eigenvalue weighted by Gasteiger charge is -2.28. The first kappa shape index (κ1) is 12.1. The molecule has 0 aliphatic rings. The molecule has 1 heterocycles. The number of rotatable bonds is 3. The summed E-state index contributed by atoms with van der Waals surface area (Å²) in [7, 11) is 0. The minimum Gasteiger partial charge on any atom is -0.328 e. The van der Waals surface area contributed by atoms with Crippen LogP contribution in [0.2, 0.25) is 0 Å². The summed E-state index contributed by atoms with van der Waals surface area (Å²) in [5.74, 6) is 0. The topological polar surface area (TPSA) is 38.9 Å². The zero-order valence-electron chi connectivity index (χ0n) is 10.8. The second-order valence-corrected chi connectivity index (χ2v) is 5.47. The molecular weight excluding hydrogens is 208 g/mol. The fraction of sp³-hybridized carbons (Fsp3) is 0.400. The molecule has 0 fully saturated rings. The number of benzene rings is 1. The van der Waals surface area contributed by atoms with Crippen LogP contribution in [0.15, 0.2) is 36.7 Å². The lowest BCUT2D eigenvalue weighted by atomic mass is 9.78. The van der Waals surface area contributed by atoms with E-state index in [9.17, 15) is 0 Å². The molecule has 0 amide bonds. The lowest BCUT2D eigenvalue weighted by Crippen LogP contribution is -2.28. The van der Waals surface area contributed by atoms with Gasteiger partial charge in [-0.05, 0) is 29.7 Å². The van der Waals surface area contributed by atoms with Crippen molar-refractivity contribution in [3.8, 4) is 0 Å². The SMILES string of the molecule is CC(N)CC(C)(C)c1cncc2ccccc12. The predicted molar refractivity (Wildman–Crippen MR) is 73.0 cm³/mol. The van der Waals surface area contributed by atoms with Crippen LogP contribution in [-0.2, 0) is 5.41 Å². The zero-order valence-corrected chi connectivity index (χ0v) is 10.8. The first-order chi connectivity index (χ1) is 8.00. The molecule has 1 aromatic heterocycles. The van der Waals surface area contributed by atoms with E-state index in [1.807, 2.05) is 18.5 Å². The Morgan fingerprint density at radius 2 is 1.94 bits per heavy atom. The molecule has 0 aliphatic carbocycles. The molecule has 90 valence electrons. The van der Waals surface area contributed by atoms with E-state index in [1.54, 1.807) is 0 Å². The lowest BCUT2D eigenvalue weighted by molar-refractivity contribution is 0.439.